The fraction of sp³-hybridized carbons (Fsp3) is 0.421. The predicted molar refractivity (Wildman–Crippen MR) is 106 cm³/mol. The number of primary amides is 1. The summed E-state index contributed by atoms with van der Waals surface area (Å²) in [7, 11) is 1.49. The third-order valence-corrected chi connectivity index (χ3v) is 5.25. The van der Waals surface area contributed by atoms with Gasteiger partial charge in [0.05, 0.1) is 12.1 Å². The Balaban J connectivity index is 1.69. The second-order valence-corrected chi connectivity index (χ2v) is 7.38. The lowest BCUT2D eigenvalue weighted by atomic mass is 10.1. The first-order chi connectivity index (χ1) is 14.3. The van der Waals surface area contributed by atoms with E-state index in [1.54, 1.807) is 35.9 Å². The van der Waals surface area contributed by atoms with E-state index in [1.807, 2.05) is 0 Å². The number of hydrogen-bond acceptors (Lipinski definition) is 5. The standard InChI is InChI=1S/C19H22F2N6O3/c1-10(17(22)28)23-11-3-4-12-14(7-11)30-6-5-26-9-15(24-18(12)26)27-13(16(20)21)8-25(2)19(27)29/h3-4,7,9-10,13,16,23H,5-6,8H2,1-2H3,(H2,22,28)/t10-,13-/m0/s1. The average molecular weight is 420 g/mol. The van der Waals surface area contributed by atoms with E-state index >= 15 is 0 Å². The SMILES string of the molecule is C[C@H](Nc1ccc2c(c1)OCCn1cc(N3C(=O)N(C)C[C@H]3C(F)F)nc1-2)C(N)=O. The van der Waals surface area contributed by atoms with Crippen molar-refractivity contribution in [3.05, 3.63) is 24.4 Å². The number of likely N-dealkylation sites (N-methyl/N-ethyl adjacent to an activating group) is 1. The lowest BCUT2D eigenvalue weighted by molar-refractivity contribution is -0.118. The summed E-state index contributed by atoms with van der Waals surface area (Å²) in [6.07, 6.45) is -1.08. The van der Waals surface area contributed by atoms with Crippen LogP contribution < -0.4 is 20.7 Å². The van der Waals surface area contributed by atoms with Crippen LogP contribution in [0.3, 0.4) is 0 Å². The molecule has 11 heteroatoms. The molecule has 2 atom stereocenters. The zero-order valence-corrected chi connectivity index (χ0v) is 16.5. The molecule has 0 unspecified atom stereocenters. The van der Waals surface area contributed by atoms with Crippen molar-refractivity contribution in [1.82, 2.24) is 14.5 Å². The number of ether oxygens (including phenoxy) is 1. The van der Waals surface area contributed by atoms with Gasteiger partial charge >= 0.3 is 6.03 Å². The lowest BCUT2D eigenvalue weighted by Crippen LogP contribution is -2.39. The number of alkyl halides is 2. The van der Waals surface area contributed by atoms with Crippen molar-refractivity contribution in [1.29, 1.82) is 0 Å². The molecule has 1 saturated heterocycles. The van der Waals surface area contributed by atoms with Gasteiger partial charge in [-0.2, -0.15) is 0 Å². The van der Waals surface area contributed by atoms with Crippen molar-refractivity contribution in [3.63, 3.8) is 0 Å². The van der Waals surface area contributed by atoms with E-state index in [1.165, 1.54) is 11.9 Å². The van der Waals surface area contributed by atoms with Crippen molar-refractivity contribution in [3.8, 4) is 17.1 Å². The van der Waals surface area contributed by atoms with Crippen LogP contribution >= 0.6 is 0 Å². The van der Waals surface area contributed by atoms with Crippen LogP contribution in [-0.4, -0.2) is 65.1 Å². The number of carbonyl (C=O) groups is 2. The number of hydrogen-bond donors (Lipinski definition) is 2. The third kappa shape index (κ3) is 3.40. The quantitative estimate of drug-likeness (QED) is 0.767. The average Bonchev–Trinajstić information content (AvgIpc) is 3.18. The number of amides is 3. The van der Waals surface area contributed by atoms with Gasteiger partial charge in [0, 0.05) is 31.5 Å². The molecular formula is C19H22F2N6O3. The van der Waals surface area contributed by atoms with E-state index in [2.05, 4.69) is 10.3 Å². The molecule has 30 heavy (non-hydrogen) atoms. The summed E-state index contributed by atoms with van der Waals surface area (Å²) in [5.41, 5.74) is 6.60. The van der Waals surface area contributed by atoms with Crippen LogP contribution in [0.4, 0.5) is 25.1 Å². The van der Waals surface area contributed by atoms with Crippen LogP contribution in [0.25, 0.3) is 11.4 Å². The van der Waals surface area contributed by atoms with Gasteiger partial charge in [0.25, 0.3) is 6.43 Å². The first-order valence-corrected chi connectivity index (χ1v) is 9.49. The van der Waals surface area contributed by atoms with Crippen LogP contribution in [0.2, 0.25) is 0 Å². The highest BCUT2D eigenvalue weighted by Crippen LogP contribution is 2.37. The molecule has 1 aromatic carbocycles. The second-order valence-electron chi connectivity index (χ2n) is 7.38. The number of anilines is 2. The number of halogens is 2. The van der Waals surface area contributed by atoms with Gasteiger partial charge in [-0.1, -0.05) is 0 Å². The van der Waals surface area contributed by atoms with E-state index in [0.717, 1.165) is 4.90 Å². The molecule has 2 aliphatic rings. The highest BCUT2D eigenvalue weighted by Gasteiger charge is 2.43. The van der Waals surface area contributed by atoms with Crippen LogP contribution in [-0.2, 0) is 11.3 Å². The van der Waals surface area contributed by atoms with Gasteiger partial charge in [0.2, 0.25) is 5.91 Å². The Morgan fingerprint density at radius 2 is 2.17 bits per heavy atom. The molecule has 3 heterocycles. The number of nitrogens with two attached hydrogens (primary N) is 1. The van der Waals surface area contributed by atoms with Gasteiger partial charge in [-0.3, -0.25) is 9.69 Å². The molecule has 0 spiro atoms. The molecule has 0 radical (unpaired) electrons. The maximum Gasteiger partial charge on any atom is 0.326 e. The van der Waals surface area contributed by atoms with E-state index in [0.29, 0.717) is 36.0 Å². The van der Waals surface area contributed by atoms with Crippen LogP contribution in [0.5, 0.6) is 5.75 Å². The summed E-state index contributed by atoms with van der Waals surface area (Å²) in [4.78, 5) is 30.6. The fourth-order valence-electron chi connectivity index (χ4n) is 3.62. The molecule has 9 nitrogen and oxygen atoms in total. The molecule has 1 aromatic heterocycles. The molecule has 160 valence electrons. The highest BCUT2D eigenvalue weighted by atomic mass is 19.3. The summed E-state index contributed by atoms with van der Waals surface area (Å²) >= 11 is 0. The van der Waals surface area contributed by atoms with Crippen molar-refractivity contribution < 1.29 is 23.1 Å². The zero-order valence-electron chi connectivity index (χ0n) is 16.5. The lowest BCUT2D eigenvalue weighted by Gasteiger charge is -2.19. The van der Waals surface area contributed by atoms with Gasteiger partial charge in [-0.05, 0) is 19.1 Å². The van der Waals surface area contributed by atoms with E-state index in [9.17, 15) is 18.4 Å². The molecule has 2 aliphatic heterocycles. The van der Waals surface area contributed by atoms with Gasteiger partial charge in [0.1, 0.15) is 30.3 Å². The van der Waals surface area contributed by atoms with Gasteiger partial charge in [0.15, 0.2) is 5.82 Å². The Morgan fingerprint density at radius 3 is 2.87 bits per heavy atom. The first kappa shape index (κ1) is 19.9. The van der Waals surface area contributed by atoms with Crippen molar-refractivity contribution >= 4 is 23.4 Å². The number of fused-ring (bicyclic) bond motifs is 3. The number of carbonyl (C=O) groups excluding carboxylic acids is 2. The van der Waals surface area contributed by atoms with E-state index in [-0.39, 0.29) is 12.4 Å². The van der Waals surface area contributed by atoms with Gasteiger partial charge < -0.3 is 25.3 Å². The van der Waals surface area contributed by atoms with Crippen LogP contribution in [0.15, 0.2) is 24.4 Å². The zero-order chi connectivity index (χ0) is 21.6. The molecule has 0 bridgehead atoms. The molecule has 0 aliphatic carbocycles. The molecule has 4 rings (SSSR count). The van der Waals surface area contributed by atoms with Crippen molar-refractivity contribution in [2.24, 2.45) is 5.73 Å². The monoisotopic (exact) mass is 420 g/mol. The van der Waals surface area contributed by atoms with Gasteiger partial charge in [-0.25, -0.2) is 18.6 Å². The summed E-state index contributed by atoms with van der Waals surface area (Å²) in [5.74, 6) is 0.743. The molecule has 3 N–H and O–H groups in total. The summed E-state index contributed by atoms with van der Waals surface area (Å²) in [6, 6.07) is 2.93. The largest absolute Gasteiger partial charge is 0.491 e. The minimum absolute atomic E-state index is 0.0640. The smallest absolute Gasteiger partial charge is 0.326 e. The number of imidazole rings is 1. The van der Waals surface area contributed by atoms with Crippen LogP contribution in [0, 0.1) is 0 Å². The topological polar surface area (TPSA) is 106 Å². The highest BCUT2D eigenvalue weighted by molar-refractivity contribution is 5.94. The minimum atomic E-state index is -2.68. The molecule has 0 saturated carbocycles. The minimum Gasteiger partial charge on any atom is -0.491 e. The second kappa shape index (κ2) is 7.47. The van der Waals surface area contributed by atoms with Crippen LogP contribution in [0.1, 0.15) is 6.92 Å². The number of nitrogens with one attached hydrogen (secondary N) is 1. The first-order valence-electron chi connectivity index (χ1n) is 9.49. The predicted octanol–water partition coefficient (Wildman–Crippen LogP) is 1.73. The number of benzene rings is 1. The summed E-state index contributed by atoms with van der Waals surface area (Å²) < 4.78 is 34.6. The van der Waals surface area contributed by atoms with E-state index < -0.39 is 30.4 Å². The van der Waals surface area contributed by atoms with Crippen molar-refractivity contribution in [2.75, 3.05) is 30.4 Å². The molecule has 3 amide bonds. The van der Waals surface area contributed by atoms with Gasteiger partial charge in [-0.15, -0.1) is 0 Å². The number of nitrogens with zero attached hydrogens (tertiary/aromatic N) is 4. The summed E-state index contributed by atoms with van der Waals surface area (Å²) in [5, 5.41) is 2.99. The maximum absolute atomic E-state index is 13.5. The number of aromatic nitrogens is 2. The number of rotatable bonds is 5. The number of urea groups is 1. The maximum atomic E-state index is 13.5. The van der Waals surface area contributed by atoms with E-state index in [4.69, 9.17) is 10.5 Å². The molecule has 1 fully saturated rings. The van der Waals surface area contributed by atoms with Crippen molar-refractivity contribution in [2.45, 2.75) is 32.0 Å². The fourth-order valence-corrected chi connectivity index (χ4v) is 3.62. The Bertz CT molecular complexity index is 995. The Hall–Kier alpha value is -3.37. The normalized spacial score (nSPS) is 19.2. The molecule has 2 aromatic rings. The molecular weight excluding hydrogens is 398 g/mol. The Kier molecular flexibility index (Phi) is 4.96. The Labute approximate surface area is 171 Å². The third-order valence-electron chi connectivity index (χ3n) is 5.25. The summed E-state index contributed by atoms with van der Waals surface area (Å²) in [6.45, 7) is 2.36. The Morgan fingerprint density at radius 1 is 1.40 bits per heavy atom.